The van der Waals surface area contributed by atoms with E-state index in [-0.39, 0.29) is 18.4 Å². The van der Waals surface area contributed by atoms with Gasteiger partial charge in [0.05, 0.1) is 13.2 Å². The highest BCUT2D eigenvalue weighted by atomic mass is 16.5. The molecule has 1 heterocycles. The molecule has 2 fully saturated rings. The van der Waals surface area contributed by atoms with Gasteiger partial charge in [0.25, 0.3) is 0 Å². The highest BCUT2D eigenvalue weighted by Gasteiger charge is 2.42. The average molecular weight is 227 g/mol. The second-order valence-corrected chi connectivity index (χ2v) is 4.55. The number of esters is 1. The molecule has 0 aromatic rings. The Balaban J connectivity index is 2.05. The molecular formula is C11H17NO4. The third-order valence-electron chi connectivity index (χ3n) is 3.49. The number of nitrogens with zero attached hydrogens (tertiary/aromatic N) is 1. The molecule has 2 atom stereocenters. The van der Waals surface area contributed by atoms with Gasteiger partial charge in [0.2, 0.25) is 5.91 Å². The largest absolute Gasteiger partial charge is 0.467 e. The summed E-state index contributed by atoms with van der Waals surface area (Å²) in [5.41, 5.74) is 0. The fourth-order valence-electron chi connectivity index (χ4n) is 2.31. The molecule has 2 aliphatic rings. The van der Waals surface area contributed by atoms with Crippen LogP contribution >= 0.6 is 0 Å². The van der Waals surface area contributed by atoms with Crippen LogP contribution in [0.5, 0.6) is 0 Å². The van der Waals surface area contributed by atoms with Gasteiger partial charge in [-0.25, -0.2) is 4.79 Å². The molecule has 1 amide bonds. The number of aliphatic hydroxyl groups is 1. The molecule has 0 radical (unpaired) electrons. The Kier molecular flexibility index (Phi) is 3.14. The maximum atomic E-state index is 12.0. The quantitative estimate of drug-likeness (QED) is 0.670. The fraction of sp³-hybridized carbons (Fsp3) is 0.818. The number of likely N-dealkylation sites (tertiary alicyclic amines) is 1. The van der Waals surface area contributed by atoms with Crippen LogP contribution in [0.25, 0.3) is 0 Å². The first-order valence-electron chi connectivity index (χ1n) is 5.70. The number of hydrogen-bond donors (Lipinski definition) is 1. The number of amides is 1. The van der Waals surface area contributed by atoms with E-state index >= 15 is 0 Å². The second-order valence-electron chi connectivity index (χ2n) is 4.55. The summed E-state index contributed by atoms with van der Waals surface area (Å²) >= 11 is 0. The zero-order chi connectivity index (χ0) is 11.7. The molecule has 0 aromatic carbocycles. The average Bonchev–Trinajstić information content (AvgIpc) is 2.56. The van der Waals surface area contributed by atoms with Crippen LogP contribution in [0.3, 0.4) is 0 Å². The molecule has 1 saturated heterocycles. The minimum absolute atomic E-state index is 0.00167. The molecule has 0 aromatic heterocycles. The van der Waals surface area contributed by atoms with Crippen molar-refractivity contribution in [3.05, 3.63) is 0 Å². The number of rotatable bonds is 2. The molecule has 1 aliphatic heterocycles. The summed E-state index contributed by atoms with van der Waals surface area (Å²) in [6.45, 7) is 0.259. The highest BCUT2D eigenvalue weighted by molar-refractivity contribution is 5.87. The SMILES string of the molecule is COC(=O)C1CC(O)CN1C(=O)C1CCC1. The van der Waals surface area contributed by atoms with E-state index in [0.29, 0.717) is 6.42 Å². The van der Waals surface area contributed by atoms with Crippen molar-refractivity contribution >= 4 is 11.9 Å². The number of carbonyl (C=O) groups excluding carboxylic acids is 2. The third kappa shape index (κ3) is 1.91. The van der Waals surface area contributed by atoms with Gasteiger partial charge in [-0.1, -0.05) is 6.42 Å². The van der Waals surface area contributed by atoms with Crippen LogP contribution in [-0.4, -0.2) is 47.7 Å². The van der Waals surface area contributed by atoms with E-state index in [0.717, 1.165) is 19.3 Å². The standard InChI is InChI=1S/C11H17NO4/c1-16-11(15)9-5-8(13)6-12(9)10(14)7-3-2-4-7/h7-9,13H,2-6H2,1H3. The lowest BCUT2D eigenvalue weighted by Gasteiger charge is -2.31. The Bertz CT molecular complexity index is 300. The van der Waals surface area contributed by atoms with Crippen molar-refractivity contribution in [3.8, 4) is 0 Å². The van der Waals surface area contributed by atoms with Gasteiger partial charge in [-0.05, 0) is 12.8 Å². The molecule has 2 rings (SSSR count). The summed E-state index contributed by atoms with van der Waals surface area (Å²) in [5.74, 6) is -0.375. The lowest BCUT2D eigenvalue weighted by Crippen LogP contribution is -2.45. The molecule has 0 spiro atoms. The first-order chi connectivity index (χ1) is 7.63. The van der Waals surface area contributed by atoms with Gasteiger partial charge in [0.15, 0.2) is 0 Å². The molecule has 1 N–H and O–H groups in total. The topological polar surface area (TPSA) is 66.8 Å². The monoisotopic (exact) mass is 227 g/mol. The lowest BCUT2D eigenvalue weighted by molar-refractivity contribution is -0.153. The number of aliphatic hydroxyl groups excluding tert-OH is 1. The first kappa shape index (κ1) is 11.4. The molecule has 5 nitrogen and oxygen atoms in total. The van der Waals surface area contributed by atoms with Gasteiger partial charge in [-0.2, -0.15) is 0 Å². The number of β-amino-alcohol motifs (C(OH)–C–C–N with tert-alkyl or cyclic N) is 1. The van der Waals surface area contributed by atoms with E-state index in [2.05, 4.69) is 4.74 Å². The molecule has 0 bridgehead atoms. The van der Waals surface area contributed by atoms with Crippen LogP contribution in [0, 0.1) is 5.92 Å². The Morgan fingerprint density at radius 1 is 1.38 bits per heavy atom. The van der Waals surface area contributed by atoms with Gasteiger partial charge in [-0.15, -0.1) is 0 Å². The van der Waals surface area contributed by atoms with Crippen molar-refractivity contribution in [2.75, 3.05) is 13.7 Å². The number of hydrogen-bond acceptors (Lipinski definition) is 4. The fourth-order valence-corrected chi connectivity index (χ4v) is 2.31. The van der Waals surface area contributed by atoms with E-state index in [1.165, 1.54) is 12.0 Å². The van der Waals surface area contributed by atoms with Gasteiger partial charge in [0.1, 0.15) is 6.04 Å². The van der Waals surface area contributed by atoms with E-state index in [1.54, 1.807) is 0 Å². The van der Waals surface area contributed by atoms with E-state index in [9.17, 15) is 14.7 Å². The summed E-state index contributed by atoms with van der Waals surface area (Å²) in [6, 6.07) is -0.590. The molecule has 1 saturated carbocycles. The van der Waals surface area contributed by atoms with Gasteiger partial charge >= 0.3 is 5.97 Å². The summed E-state index contributed by atoms with van der Waals surface area (Å²) in [5, 5.41) is 9.53. The Labute approximate surface area is 94.4 Å². The predicted molar refractivity (Wildman–Crippen MR) is 55.5 cm³/mol. The number of carbonyl (C=O) groups is 2. The maximum Gasteiger partial charge on any atom is 0.328 e. The van der Waals surface area contributed by atoms with E-state index < -0.39 is 18.1 Å². The van der Waals surface area contributed by atoms with Crippen LogP contribution in [-0.2, 0) is 14.3 Å². The van der Waals surface area contributed by atoms with Crippen LogP contribution < -0.4 is 0 Å². The zero-order valence-corrected chi connectivity index (χ0v) is 9.39. The van der Waals surface area contributed by atoms with E-state index in [1.807, 2.05) is 0 Å². The summed E-state index contributed by atoms with van der Waals surface area (Å²) < 4.78 is 4.65. The summed E-state index contributed by atoms with van der Waals surface area (Å²) in [6.07, 6.45) is 2.58. The van der Waals surface area contributed by atoms with Crippen LogP contribution in [0.2, 0.25) is 0 Å². The van der Waals surface area contributed by atoms with Crippen molar-refractivity contribution in [1.29, 1.82) is 0 Å². The molecule has 2 unspecified atom stereocenters. The summed E-state index contributed by atoms with van der Waals surface area (Å²) in [7, 11) is 1.30. The molecule has 1 aliphatic carbocycles. The molecule has 90 valence electrons. The minimum Gasteiger partial charge on any atom is -0.467 e. The molecule has 5 heteroatoms. The number of methoxy groups -OCH3 is 1. The van der Waals surface area contributed by atoms with E-state index in [4.69, 9.17) is 0 Å². The Morgan fingerprint density at radius 2 is 2.06 bits per heavy atom. The summed E-state index contributed by atoms with van der Waals surface area (Å²) in [4.78, 5) is 25.0. The third-order valence-corrected chi connectivity index (χ3v) is 3.49. The minimum atomic E-state index is -0.604. The van der Waals surface area contributed by atoms with Crippen molar-refractivity contribution in [1.82, 2.24) is 4.90 Å². The second kappa shape index (κ2) is 4.41. The highest BCUT2D eigenvalue weighted by Crippen LogP contribution is 2.31. The van der Waals surface area contributed by atoms with Crippen molar-refractivity contribution in [2.24, 2.45) is 5.92 Å². The van der Waals surface area contributed by atoms with Gasteiger partial charge in [0, 0.05) is 18.9 Å². The van der Waals surface area contributed by atoms with Gasteiger partial charge < -0.3 is 14.7 Å². The Morgan fingerprint density at radius 3 is 2.56 bits per heavy atom. The number of ether oxygens (including phenoxy) is 1. The van der Waals surface area contributed by atoms with Crippen molar-refractivity contribution in [3.63, 3.8) is 0 Å². The smallest absolute Gasteiger partial charge is 0.328 e. The van der Waals surface area contributed by atoms with Crippen molar-refractivity contribution in [2.45, 2.75) is 37.8 Å². The van der Waals surface area contributed by atoms with Crippen LogP contribution in [0.15, 0.2) is 0 Å². The normalized spacial score (nSPS) is 30.0. The predicted octanol–water partition coefficient (Wildman–Crippen LogP) is -0.0787. The van der Waals surface area contributed by atoms with Crippen LogP contribution in [0.4, 0.5) is 0 Å². The first-order valence-corrected chi connectivity index (χ1v) is 5.70. The Hall–Kier alpha value is -1.10. The van der Waals surface area contributed by atoms with Gasteiger partial charge in [-0.3, -0.25) is 4.79 Å². The molecular weight excluding hydrogens is 210 g/mol. The van der Waals surface area contributed by atoms with Crippen molar-refractivity contribution < 1.29 is 19.4 Å². The zero-order valence-electron chi connectivity index (χ0n) is 9.39. The van der Waals surface area contributed by atoms with Crippen LogP contribution in [0.1, 0.15) is 25.7 Å². The lowest BCUT2D eigenvalue weighted by atomic mass is 9.84. The molecule has 16 heavy (non-hydrogen) atoms. The maximum absolute atomic E-state index is 12.0.